The Kier molecular flexibility index (Phi) is 7.33. The number of benzene rings is 7. The van der Waals surface area contributed by atoms with Crippen LogP contribution in [-0.4, -0.2) is 15.0 Å². The highest BCUT2D eigenvalue weighted by Gasteiger charge is 2.19. The molecule has 0 amide bonds. The minimum atomic E-state index is 0.599. The summed E-state index contributed by atoms with van der Waals surface area (Å²) in [6, 6.07) is 58.5. The van der Waals surface area contributed by atoms with Crippen LogP contribution in [0, 0.1) is 6.92 Å². The van der Waals surface area contributed by atoms with Crippen LogP contribution in [0.5, 0.6) is 0 Å². The summed E-state index contributed by atoms with van der Waals surface area (Å²) in [6.45, 7) is 2.15. The van der Waals surface area contributed by atoms with E-state index in [9.17, 15) is 0 Å². The summed E-state index contributed by atoms with van der Waals surface area (Å²) in [7, 11) is 0. The molecule has 9 rings (SSSR count). The zero-order chi connectivity index (χ0) is 33.4. The smallest absolute Gasteiger partial charge is 0.164 e. The molecule has 0 N–H and O–H groups in total. The molecule has 0 atom stereocenters. The molecule has 4 heteroatoms. The topological polar surface area (TPSA) is 51.8 Å². The molecule has 7 aromatic carbocycles. The van der Waals surface area contributed by atoms with Crippen LogP contribution in [0.2, 0.25) is 0 Å². The lowest BCUT2D eigenvalue weighted by molar-refractivity contribution is 0.670. The number of hydrogen-bond acceptors (Lipinski definition) is 4. The number of fused-ring (bicyclic) bond motifs is 3. The fourth-order valence-corrected chi connectivity index (χ4v) is 6.77. The number of hydrogen-bond donors (Lipinski definition) is 0. The first kappa shape index (κ1) is 29.5. The van der Waals surface area contributed by atoms with Crippen LogP contribution in [0.4, 0.5) is 0 Å². The first-order valence-electron chi connectivity index (χ1n) is 16.8. The van der Waals surface area contributed by atoms with Crippen molar-refractivity contribution >= 4 is 21.9 Å². The first-order chi connectivity index (χ1) is 24.7. The number of nitrogens with zero attached hydrogens (tertiary/aromatic N) is 3. The van der Waals surface area contributed by atoms with Gasteiger partial charge in [0.05, 0.1) is 0 Å². The molecule has 0 unspecified atom stereocenters. The van der Waals surface area contributed by atoms with Crippen LogP contribution in [0.25, 0.3) is 89.5 Å². The van der Waals surface area contributed by atoms with E-state index in [4.69, 9.17) is 19.4 Å². The maximum Gasteiger partial charge on any atom is 0.164 e. The molecule has 0 aliphatic heterocycles. The van der Waals surface area contributed by atoms with E-state index in [0.29, 0.717) is 17.5 Å². The van der Waals surface area contributed by atoms with Crippen molar-refractivity contribution in [1.82, 2.24) is 15.0 Å². The van der Waals surface area contributed by atoms with Gasteiger partial charge in [0.1, 0.15) is 11.2 Å². The van der Waals surface area contributed by atoms with E-state index in [0.717, 1.165) is 55.3 Å². The van der Waals surface area contributed by atoms with Crippen molar-refractivity contribution < 1.29 is 4.42 Å². The van der Waals surface area contributed by atoms with E-state index < -0.39 is 0 Å². The van der Waals surface area contributed by atoms with Gasteiger partial charge in [0.15, 0.2) is 17.5 Å². The van der Waals surface area contributed by atoms with Gasteiger partial charge in [-0.25, -0.2) is 15.0 Å². The van der Waals surface area contributed by atoms with E-state index in [1.807, 2.05) is 48.5 Å². The van der Waals surface area contributed by atoms with Crippen molar-refractivity contribution in [1.29, 1.82) is 0 Å². The Hall–Kier alpha value is -6.65. The molecule has 236 valence electrons. The number of para-hydroxylation sites is 1. The predicted octanol–water partition coefficient (Wildman–Crippen LogP) is 12.1. The van der Waals surface area contributed by atoms with E-state index in [1.54, 1.807) is 0 Å². The Morgan fingerprint density at radius 3 is 1.54 bits per heavy atom. The standard InChI is InChI=1S/C46H31N3O/c1-30-12-8-9-17-37(30)33-24-26-34(27-25-33)38-18-10-19-39-42-40(20-11-21-41(42)50-43(38)39)46-48-44(35-15-6-3-7-16-35)47-45(49-46)36-28-22-32(23-29-36)31-13-4-2-5-14-31/h2-29H,1H3. The van der Waals surface area contributed by atoms with Crippen molar-refractivity contribution in [3.05, 3.63) is 175 Å². The minimum absolute atomic E-state index is 0.599. The van der Waals surface area contributed by atoms with Crippen molar-refractivity contribution in [2.75, 3.05) is 0 Å². The summed E-state index contributed by atoms with van der Waals surface area (Å²) < 4.78 is 6.65. The Labute approximate surface area is 290 Å². The van der Waals surface area contributed by atoms with Crippen molar-refractivity contribution in [2.45, 2.75) is 6.92 Å². The van der Waals surface area contributed by atoms with Crippen LogP contribution in [0.3, 0.4) is 0 Å². The molecule has 0 bridgehead atoms. The highest BCUT2D eigenvalue weighted by molar-refractivity contribution is 6.15. The van der Waals surface area contributed by atoms with Crippen molar-refractivity contribution in [3.63, 3.8) is 0 Å². The monoisotopic (exact) mass is 641 g/mol. The summed E-state index contributed by atoms with van der Waals surface area (Å²) in [5, 5.41) is 2.00. The van der Waals surface area contributed by atoms with Gasteiger partial charge in [0, 0.05) is 33.0 Å². The third-order valence-corrected chi connectivity index (χ3v) is 9.33. The predicted molar refractivity (Wildman–Crippen MR) is 204 cm³/mol. The molecule has 0 saturated heterocycles. The Morgan fingerprint density at radius 1 is 0.360 bits per heavy atom. The van der Waals surface area contributed by atoms with Gasteiger partial charge in [-0.05, 0) is 46.4 Å². The SMILES string of the molecule is Cc1ccccc1-c1ccc(-c2cccc3c2oc2cccc(-c4nc(-c5ccccc5)nc(-c5ccc(-c6ccccc6)cc5)n4)c23)cc1. The number of rotatable bonds is 6. The van der Waals surface area contributed by atoms with Gasteiger partial charge in [0.25, 0.3) is 0 Å². The molecule has 2 heterocycles. The molecule has 0 radical (unpaired) electrons. The molecule has 50 heavy (non-hydrogen) atoms. The van der Waals surface area contributed by atoms with E-state index >= 15 is 0 Å². The van der Waals surface area contributed by atoms with Crippen LogP contribution in [0.1, 0.15) is 5.56 Å². The van der Waals surface area contributed by atoms with E-state index in [-0.39, 0.29) is 0 Å². The molecule has 0 spiro atoms. The average molecular weight is 642 g/mol. The second-order valence-electron chi connectivity index (χ2n) is 12.5. The van der Waals surface area contributed by atoms with Crippen molar-refractivity contribution in [2.24, 2.45) is 0 Å². The molecular weight excluding hydrogens is 611 g/mol. The quantitative estimate of drug-likeness (QED) is 0.181. The van der Waals surface area contributed by atoms with Gasteiger partial charge in [-0.1, -0.05) is 164 Å². The van der Waals surface area contributed by atoms with Gasteiger partial charge < -0.3 is 4.42 Å². The largest absolute Gasteiger partial charge is 0.455 e. The highest BCUT2D eigenvalue weighted by atomic mass is 16.3. The fourth-order valence-electron chi connectivity index (χ4n) is 6.77. The Bertz CT molecular complexity index is 2630. The van der Waals surface area contributed by atoms with Crippen LogP contribution < -0.4 is 0 Å². The van der Waals surface area contributed by atoms with E-state index in [2.05, 4.69) is 128 Å². The lowest BCUT2D eigenvalue weighted by atomic mass is 9.96. The third kappa shape index (κ3) is 5.33. The molecule has 4 nitrogen and oxygen atoms in total. The molecule has 0 saturated carbocycles. The summed E-state index contributed by atoms with van der Waals surface area (Å²) in [5.74, 6) is 1.84. The van der Waals surface area contributed by atoms with Gasteiger partial charge >= 0.3 is 0 Å². The normalized spacial score (nSPS) is 11.3. The van der Waals surface area contributed by atoms with Crippen LogP contribution in [-0.2, 0) is 0 Å². The number of aromatic nitrogens is 3. The second kappa shape index (κ2) is 12.4. The zero-order valence-corrected chi connectivity index (χ0v) is 27.4. The van der Waals surface area contributed by atoms with Gasteiger partial charge in [-0.2, -0.15) is 0 Å². The van der Waals surface area contributed by atoms with Gasteiger partial charge in [0.2, 0.25) is 0 Å². The Balaban J connectivity index is 1.18. The number of furan rings is 1. The second-order valence-corrected chi connectivity index (χ2v) is 12.5. The minimum Gasteiger partial charge on any atom is -0.455 e. The number of aryl methyl sites for hydroxylation is 1. The maximum absolute atomic E-state index is 6.65. The molecule has 9 aromatic rings. The molecule has 0 aliphatic carbocycles. The van der Waals surface area contributed by atoms with Gasteiger partial charge in [-0.15, -0.1) is 0 Å². The van der Waals surface area contributed by atoms with Gasteiger partial charge in [-0.3, -0.25) is 0 Å². The average Bonchev–Trinajstić information content (AvgIpc) is 3.58. The lowest BCUT2D eigenvalue weighted by Gasteiger charge is -2.10. The van der Waals surface area contributed by atoms with Crippen LogP contribution >= 0.6 is 0 Å². The van der Waals surface area contributed by atoms with Crippen molar-refractivity contribution in [3.8, 4) is 67.5 Å². The summed E-state index contributed by atoms with van der Waals surface area (Å²) >= 11 is 0. The first-order valence-corrected chi connectivity index (χ1v) is 16.8. The van der Waals surface area contributed by atoms with E-state index in [1.165, 1.54) is 22.3 Å². The Morgan fingerprint density at radius 2 is 0.840 bits per heavy atom. The maximum atomic E-state index is 6.65. The summed E-state index contributed by atoms with van der Waals surface area (Å²) in [6.07, 6.45) is 0. The molecular formula is C46H31N3O. The summed E-state index contributed by atoms with van der Waals surface area (Å²) in [5.41, 5.74) is 12.5. The lowest BCUT2D eigenvalue weighted by Crippen LogP contribution is -2.00. The third-order valence-electron chi connectivity index (χ3n) is 9.33. The van der Waals surface area contributed by atoms with Crippen LogP contribution in [0.15, 0.2) is 174 Å². The fraction of sp³-hybridized carbons (Fsp3) is 0.0217. The molecule has 0 aliphatic rings. The summed E-state index contributed by atoms with van der Waals surface area (Å²) in [4.78, 5) is 15.1. The molecule has 0 fully saturated rings. The zero-order valence-electron chi connectivity index (χ0n) is 27.4. The molecule has 2 aromatic heterocycles. The highest BCUT2D eigenvalue weighted by Crippen LogP contribution is 2.41.